The largest absolute Gasteiger partial charge is 0.379 e. The van der Waals surface area contributed by atoms with Crippen LogP contribution in [0.15, 0.2) is 29.3 Å². The van der Waals surface area contributed by atoms with Crippen LogP contribution in [0.25, 0.3) is 0 Å². The van der Waals surface area contributed by atoms with Crippen molar-refractivity contribution in [3.05, 3.63) is 35.4 Å². The van der Waals surface area contributed by atoms with Crippen LogP contribution < -0.4 is 10.6 Å². The van der Waals surface area contributed by atoms with Crippen LogP contribution in [0, 0.1) is 5.92 Å². The molecule has 0 amide bonds. The van der Waals surface area contributed by atoms with E-state index >= 15 is 0 Å². The Bertz CT molecular complexity index is 644. The number of hydrogen-bond donors (Lipinski definition) is 2. The Hall–Kier alpha value is -1.63. The molecule has 0 spiro atoms. The lowest BCUT2D eigenvalue weighted by molar-refractivity contribution is 0.0376. The number of aliphatic imine (C=N–C) groups is 1. The molecule has 2 saturated heterocycles. The van der Waals surface area contributed by atoms with Crippen molar-refractivity contribution in [2.45, 2.75) is 46.2 Å². The molecule has 2 aliphatic heterocycles. The van der Waals surface area contributed by atoms with E-state index in [1.807, 2.05) is 0 Å². The fraction of sp³-hybridized carbons (Fsp3) is 0.708. The molecule has 2 aliphatic rings. The average molecular weight is 416 g/mol. The summed E-state index contributed by atoms with van der Waals surface area (Å²) in [5.41, 5.74) is 2.75. The maximum Gasteiger partial charge on any atom is 0.191 e. The van der Waals surface area contributed by atoms with Gasteiger partial charge in [-0.25, -0.2) is 4.99 Å². The summed E-state index contributed by atoms with van der Waals surface area (Å²) in [5, 5.41) is 6.90. The molecule has 0 radical (unpaired) electrons. The minimum atomic E-state index is 0.721. The summed E-state index contributed by atoms with van der Waals surface area (Å²) in [6.45, 7) is 15.5. The number of piperidine rings is 1. The van der Waals surface area contributed by atoms with Crippen molar-refractivity contribution in [2.75, 3.05) is 59.0 Å². The van der Waals surface area contributed by atoms with Crippen LogP contribution >= 0.6 is 0 Å². The fourth-order valence-electron chi connectivity index (χ4n) is 4.38. The zero-order valence-corrected chi connectivity index (χ0v) is 19.0. The molecule has 1 aromatic carbocycles. The molecule has 0 saturated carbocycles. The van der Waals surface area contributed by atoms with Gasteiger partial charge in [0.15, 0.2) is 5.96 Å². The molecule has 0 bridgehead atoms. The highest BCUT2D eigenvalue weighted by Crippen LogP contribution is 2.20. The molecule has 30 heavy (non-hydrogen) atoms. The number of ether oxygens (including phenoxy) is 1. The summed E-state index contributed by atoms with van der Waals surface area (Å²) < 4.78 is 5.42. The minimum Gasteiger partial charge on any atom is -0.379 e. The van der Waals surface area contributed by atoms with Crippen LogP contribution in [0.5, 0.6) is 0 Å². The van der Waals surface area contributed by atoms with E-state index < -0.39 is 0 Å². The number of likely N-dealkylation sites (tertiary alicyclic amines) is 1. The van der Waals surface area contributed by atoms with E-state index in [1.165, 1.54) is 37.1 Å². The lowest BCUT2D eigenvalue weighted by Crippen LogP contribution is -2.40. The van der Waals surface area contributed by atoms with Gasteiger partial charge in [-0.2, -0.15) is 0 Å². The van der Waals surface area contributed by atoms with Crippen molar-refractivity contribution in [1.82, 2.24) is 20.4 Å². The van der Waals surface area contributed by atoms with Crippen molar-refractivity contribution < 1.29 is 4.74 Å². The SMILES string of the molecule is CCNC(=NCc1ccccc1CN1CCCC(C)C1)NCCCN1CCOCC1. The second kappa shape index (κ2) is 12.9. The summed E-state index contributed by atoms with van der Waals surface area (Å²) in [7, 11) is 0. The van der Waals surface area contributed by atoms with Crippen molar-refractivity contribution in [1.29, 1.82) is 0 Å². The third kappa shape index (κ3) is 7.89. The first-order chi connectivity index (χ1) is 14.7. The number of benzene rings is 1. The Morgan fingerprint density at radius 1 is 1.10 bits per heavy atom. The topological polar surface area (TPSA) is 52.1 Å². The molecule has 1 aromatic rings. The highest BCUT2D eigenvalue weighted by atomic mass is 16.5. The Kier molecular flexibility index (Phi) is 9.93. The first kappa shape index (κ1) is 23.0. The molecule has 1 unspecified atom stereocenters. The third-order valence-corrected chi connectivity index (χ3v) is 6.05. The van der Waals surface area contributed by atoms with E-state index in [1.54, 1.807) is 0 Å². The molecule has 2 heterocycles. The minimum absolute atomic E-state index is 0.721. The van der Waals surface area contributed by atoms with Crippen LogP contribution in [0.3, 0.4) is 0 Å². The summed E-state index contributed by atoms with van der Waals surface area (Å²) in [5.74, 6) is 1.73. The number of guanidine groups is 1. The molecule has 0 aromatic heterocycles. The first-order valence-electron chi connectivity index (χ1n) is 11.9. The second-order valence-corrected chi connectivity index (χ2v) is 8.68. The average Bonchev–Trinajstić information content (AvgIpc) is 2.76. The Labute approximate surface area is 183 Å². The van der Waals surface area contributed by atoms with E-state index in [-0.39, 0.29) is 0 Å². The van der Waals surface area contributed by atoms with E-state index in [4.69, 9.17) is 9.73 Å². The van der Waals surface area contributed by atoms with Crippen LogP contribution in [0.1, 0.15) is 44.2 Å². The van der Waals surface area contributed by atoms with Gasteiger partial charge in [0.2, 0.25) is 0 Å². The number of nitrogens with zero attached hydrogens (tertiary/aromatic N) is 3. The van der Waals surface area contributed by atoms with Crippen molar-refractivity contribution in [3.8, 4) is 0 Å². The second-order valence-electron chi connectivity index (χ2n) is 8.68. The van der Waals surface area contributed by atoms with E-state index in [9.17, 15) is 0 Å². The zero-order valence-electron chi connectivity index (χ0n) is 19.0. The summed E-state index contributed by atoms with van der Waals surface area (Å²) in [6, 6.07) is 8.79. The van der Waals surface area contributed by atoms with Crippen LogP contribution in [0.2, 0.25) is 0 Å². The highest BCUT2D eigenvalue weighted by molar-refractivity contribution is 5.79. The van der Waals surface area contributed by atoms with Gasteiger partial charge in [-0.15, -0.1) is 0 Å². The van der Waals surface area contributed by atoms with E-state index in [0.717, 1.165) is 77.3 Å². The van der Waals surface area contributed by atoms with Gasteiger partial charge in [0.25, 0.3) is 0 Å². The van der Waals surface area contributed by atoms with E-state index in [0.29, 0.717) is 0 Å². The van der Waals surface area contributed by atoms with Crippen molar-refractivity contribution in [3.63, 3.8) is 0 Å². The van der Waals surface area contributed by atoms with Crippen LogP contribution in [-0.4, -0.2) is 74.8 Å². The molecule has 168 valence electrons. The van der Waals surface area contributed by atoms with Gasteiger partial charge in [0, 0.05) is 39.3 Å². The van der Waals surface area contributed by atoms with Crippen molar-refractivity contribution in [2.24, 2.45) is 10.9 Å². The summed E-state index contributed by atoms with van der Waals surface area (Å²) in [4.78, 5) is 9.96. The van der Waals surface area contributed by atoms with Crippen LogP contribution in [-0.2, 0) is 17.8 Å². The molecule has 2 fully saturated rings. The van der Waals surface area contributed by atoms with Gasteiger partial charge in [-0.1, -0.05) is 31.2 Å². The van der Waals surface area contributed by atoms with Gasteiger partial charge in [0.05, 0.1) is 19.8 Å². The third-order valence-electron chi connectivity index (χ3n) is 6.05. The van der Waals surface area contributed by atoms with Gasteiger partial charge in [-0.3, -0.25) is 9.80 Å². The standard InChI is InChI=1S/C24H41N5O/c1-3-25-24(26-11-7-13-28-14-16-30-17-15-28)27-18-22-9-4-5-10-23(22)20-29-12-6-8-21(2)19-29/h4-5,9-10,21H,3,6-8,11-20H2,1-2H3,(H2,25,26,27). The number of hydrogen-bond acceptors (Lipinski definition) is 4. The van der Waals surface area contributed by atoms with Gasteiger partial charge < -0.3 is 15.4 Å². The Morgan fingerprint density at radius 3 is 2.67 bits per heavy atom. The normalized spacial score (nSPS) is 21.5. The molecular formula is C24H41N5O. The molecule has 2 N–H and O–H groups in total. The maximum absolute atomic E-state index is 5.42. The van der Waals surface area contributed by atoms with Gasteiger partial charge in [-0.05, 0) is 56.3 Å². The van der Waals surface area contributed by atoms with Crippen LogP contribution in [0.4, 0.5) is 0 Å². The quantitative estimate of drug-likeness (QED) is 0.369. The molecule has 3 rings (SSSR count). The molecule has 1 atom stereocenters. The lowest BCUT2D eigenvalue weighted by atomic mass is 9.99. The smallest absolute Gasteiger partial charge is 0.191 e. The zero-order chi connectivity index (χ0) is 21.0. The Balaban J connectivity index is 1.49. The molecule has 0 aliphatic carbocycles. The predicted molar refractivity (Wildman–Crippen MR) is 125 cm³/mol. The Morgan fingerprint density at radius 2 is 1.90 bits per heavy atom. The summed E-state index contributed by atoms with van der Waals surface area (Å²) >= 11 is 0. The van der Waals surface area contributed by atoms with Gasteiger partial charge >= 0.3 is 0 Å². The maximum atomic E-state index is 5.42. The predicted octanol–water partition coefficient (Wildman–Crippen LogP) is 2.70. The molecule has 6 heteroatoms. The highest BCUT2D eigenvalue weighted by Gasteiger charge is 2.17. The fourth-order valence-corrected chi connectivity index (χ4v) is 4.38. The monoisotopic (exact) mass is 415 g/mol. The number of morpholine rings is 1. The molecular weight excluding hydrogens is 374 g/mol. The van der Waals surface area contributed by atoms with Gasteiger partial charge in [0.1, 0.15) is 0 Å². The van der Waals surface area contributed by atoms with E-state index in [2.05, 4.69) is 58.5 Å². The lowest BCUT2D eigenvalue weighted by Gasteiger charge is -2.31. The molecule has 6 nitrogen and oxygen atoms in total. The first-order valence-corrected chi connectivity index (χ1v) is 11.9. The number of nitrogens with one attached hydrogen (secondary N) is 2. The summed E-state index contributed by atoms with van der Waals surface area (Å²) in [6.07, 6.45) is 3.81. The number of rotatable bonds is 9. The van der Waals surface area contributed by atoms with Crippen molar-refractivity contribution >= 4 is 5.96 Å².